The van der Waals surface area contributed by atoms with E-state index in [9.17, 15) is 0 Å². The molecule has 416 valence electrons. The maximum absolute atomic E-state index is 6.84. The number of fused-ring (bicyclic) bond motifs is 13. The third-order valence-electron chi connectivity index (χ3n) is 19.2. The van der Waals surface area contributed by atoms with Gasteiger partial charge >= 0.3 is 0 Å². The summed E-state index contributed by atoms with van der Waals surface area (Å²) < 4.78 is 13.3. The molecule has 2 heteroatoms. The highest BCUT2D eigenvalue weighted by molar-refractivity contribution is 6.25. The number of hydrogen-bond acceptors (Lipinski definition) is 2. The van der Waals surface area contributed by atoms with Crippen LogP contribution in [0.1, 0.15) is 0 Å². The predicted molar refractivity (Wildman–Crippen MR) is 382 cm³/mol. The van der Waals surface area contributed by atoms with Gasteiger partial charge in [-0.25, -0.2) is 0 Å². The maximum atomic E-state index is 6.84. The van der Waals surface area contributed by atoms with Gasteiger partial charge in [0.15, 0.2) is 0 Å². The second kappa shape index (κ2) is 19.8. The van der Waals surface area contributed by atoms with Crippen molar-refractivity contribution < 1.29 is 8.83 Å². The molecule has 2 aromatic heterocycles. The summed E-state index contributed by atoms with van der Waals surface area (Å²) in [6.07, 6.45) is 0. The molecule has 0 spiro atoms. The molecule has 19 aromatic rings. The lowest BCUT2D eigenvalue weighted by Crippen LogP contribution is -1.91. The molecular formula is C88H52O2. The van der Waals surface area contributed by atoms with Gasteiger partial charge in [-0.15, -0.1) is 0 Å². The standard InChI is InChI=1S/C88H52O2/c1-2-19-59-51-83-79(47-58(59)18-1)77-49-63(41-43-81(77)89-83)88-74-33-11-9-31-72(74)86(73-32-10-12-34-75(73)88)62-25-14-22-57(46-62)56-21-13-23-60(45-56)67-36-16-24-61-48-80-78-50-64(42-44-82(78)90-84(80)52-76(61)67)87-70-29-7-5-27-68(70)85(69-28-6-8-30-71(69)87)55-39-37-54(38-40-55)66-35-15-20-53-17-3-4-26-65(53)66/h1-52H. The summed E-state index contributed by atoms with van der Waals surface area (Å²) in [6.45, 7) is 0. The molecule has 0 aliphatic heterocycles. The minimum atomic E-state index is 0.873. The van der Waals surface area contributed by atoms with Crippen LogP contribution in [0.2, 0.25) is 0 Å². The van der Waals surface area contributed by atoms with Crippen LogP contribution < -0.4 is 0 Å². The first-order valence-electron chi connectivity index (χ1n) is 31.0. The van der Waals surface area contributed by atoms with Crippen LogP contribution in [0, 0.1) is 0 Å². The molecule has 0 amide bonds. The van der Waals surface area contributed by atoms with Gasteiger partial charge in [-0.3, -0.25) is 0 Å². The Hall–Kier alpha value is -11.8. The Balaban J connectivity index is 0.683. The molecule has 19 rings (SSSR count). The molecule has 0 saturated heterocycles. The van der Waals surface area contributed by atoms with E-state index in [0.717, 1.165) is 77.1 Å². The van der Waals surface area contributed by atoms with E-state index in [1.807, 2.05) is 0 Å². The molecule has 2 heterocycles. The van der Waals surface area contributed by atoms with Gasteiger partial charge in [0.25, 0.3) is 0 Å². The highest BCUT2D eigenvalue weighted by Gasteiger charge is 2.22. The zero-order valence-electron chi connectivity index (χ0n) is 48.8. The SMILES string of the molecule is c1cc(-c2cccc(-c3c4ccccc4c(-c4ccc5oc6cc7ccccc7cc6c5c4)c4ccccc34)c2)cc(-c2cccc3cc4c(cc23)oc2ccc(-c3c5ccccc5c(-c5ccc(-c6cccc7ccccc67)cc5)c5ccccc35)cc24)c1. The fourth-order valence-electron chi connectivity index (χ4n) is 15.1. The molecule has 0 aliphatic rings. The smallest absolute Gasteiger partial charge is 0.136 e. The lowest BCUT2D eigenvalue weighted by atomic mass is 9.85. The minimum Gasteiger partial charge on any atom is -0.456 e. The van der Waals surface area contributed by atoms with Crippen LogP contribution in [0.3, 0.4) is 0 Å². The van der Waals surface area contributed by atoms with E-state index < -0.39 is 0 Å². The van der Waals surface area contributed by atoms with Crippen LogP contribution >= 0.6 is 0 Å². The van der Waals surface area contributed by atoms with Crippen molar-refractivity contribution >= 4 is 119 Å². The van der Waals surface area contributed by atoms with E-state index in [0.29, 0.717) is 0 Å². The van der Waals surface area contributed by atoms with Gasteiger partial charge in [-0.2, -0.15) is 0 Å². The van der Waals surface area contributed by atoms with Crippen LogP contribution in [0.15, 0.2) is 324 Å². The van der Waals surface area contributed by atoms with Crippen molar-refractivity contribution in [3.63, 3.8) is 0 Å². The molecule has 90 heavy (non-hydrogen) atoms. The van der Waals surface area contributed by atoms with E-state index >= 15 is 0 Å². The Bertz CT molecular complexity index is 6090. The lowest BCUT2D eigenvalue weighted by Gasteiger charge is -2.18. The summed E-state index contributed by atoms with van der Waals surface area (Å²) in [5.41, 5.74) is 20.3. The summed E-state index contributed by atoms with van der Waals surface area (Å²) in [7, 11) is 0. The highest BCUT2D eigenvalue weighted by Crippen LogP contribution is 2.49. The van der Waals surface area contributed by atoms with Crippen molar-refractivity contribution in [3.05, 3.63) is 315 Å². The number of rotatable bonds is 7. The van der Waals surface area contributed by atoms with Crippen molar-refractivity contribution in [2.75, 3.05) is 0 Å². The number of hydrogen-bond donors (Lipinski definition) is 0. The minimum absolute atomic E-state index is 0.873. The molecule has 0 unspecified atom stereocenters. The summed E-state index contributed by atoms with van der Waals surface area (Å²) in [6, 6.07) is 116. The first-order chi connectivity index (χ1) is 44.6. The molecule has 0 bridgehead atoms. The molecule has 2 nitrogen and oxygen atoms in total. The van der Waals surface area contributed by atoms with Gasteiger partial charge < -0.3 is 8.83 Å². The zero-order chi connectivity index (χ0) is 59.0. The van der Waals surface area contributed by atoms with Crippen molar-refractivity contribution in [1.82, 2.24) is 0 Å². The summed E-state index contributed by atoms with van der Waals surface area (Å²) in [5.74, 6) is 0. The van der Waals surface area contributed by atoms with Gasteiger partial charge in [0, 0.05) is 21.5 Å². The fraction of sp³-hybridized carbons (Fsp3) is 0. The molecule has 17 aromatic carbocycles. The third kappa shape index (κ3) is 7.85. The van der Waals surface area contributed by atoms with E-state index in [2.05, 4.69) is 315 Å². The maximum Gasteiger partial charge on any atom is 0.136 e. The van der Waals surface area contributed by atoms with E-state index in [4.69, 9.17) is 8.83 Å². The van der Waals surface area contributed by atoms with E-state index in [1.54, 1.807) is 0 Å². The van der Waals surface area contributed by atoms with Gasteiger partial charge in [0.2, 0.25) is 0 Å². The van der Waals surface area contributed by atoms with Crippen molar-refractivity contribution in [2.24, 2.45) is 0 Å². The average Bonchev–Trinajstić information content (AvgIpc) is 1.45. The van der Waals surface area contributed by atoms with Crippen molar-refractivity contribution in [1.29, 1.82) is 0 Å². The molecule has 0 radical (unpaired) electrons. The topological polar surface area (TPSA) is 26.3 Å². The monoisotopic (exact) mass is 1140 g/mol. The fourth-order valence-corrected chi connectivity index (χ4v) is 15.1. The van der Waals surface area contributed by atoms with Crippen LogP contribution in [-0.2, 0) is 0 Å². The predicted octanol–water partition coefficient (Wildman–Crippen LogP) is 25.2. The largest absolute Gasteiger partial charge is 0.456 e. The summed E-state index contributed by atoms with van der Waals surface area (Å²) in [4.78, 5) is 0. The quantitative estimate of drug-likeness (QED) is 0.149. The molecular weight excluding hydrogens is 1090 g/mol. The summed E-state index contributed by atoms with van der Waals surface area (Å²) >= 11 is 0. The molecule has 0 fully saturated rings. The van der Waals surface area contributed by atoms with E-state index in [1.165, 1.54) is 120 Å². The Morgan fingerprint density at radius 1 is 0.144 bits per heavy atom. The van der Waals surface area contributed by atoms with Crippen LogP contribution in [0.4, 0.5) is 0 Å². The van der Waals surface area contributed by atoms with Crippen LogP contribution in [0.25, 0.3) is 197 Å². The molecule has 0 saturated carbocycles. The second-order valence-corrected chi connectivity index (χ2v) is 24.1. The molecule has 0 aliphatic carbocycles. The number of benzene rings is 17. The molecule has 0 N–H and O–H groups in total. The van der Waals surface area contributed by atoms with Gasteiger partial charge in [0.1, 0.15) is 22.3 Å². The second-order valence-electron chi connectivity index (χ2n) is 24.1. The summed E-state index contributed by atoms with van der Waals surface area (Å²) in [5, 5.41) is 21.5. The zero-order valence-corrected chi connectivity index (χ0v) is 48.8. The Morgan fingerprint density at radius 2 is 0.478 bits per heavy atom. The van der Waals surface area contributed by atoms with Crippen molar-refractivity contribution in [2.45, 2.75) is 0 Å². The van der Waals surface area contributed by atoms with Gasteiger partial charge in [0.05, 0.1) is 0 Å². The van der Waals surface area contributed by atoms with Crippen LogP contribution in [-0.4, -0.2) is 0 Å². The first-order valence-corrected chi connectivity index (χ1v) is 31.0. The Kier molecular flexibility index (Phi) is 11.1. The normalized spacial score (nSPS) is 12.0. The van der Waals surface area contributed by atoms with Gasteiger partial charge in [-0.1, -0.05) is 255 Å². The van der Waals surface area contributed by atoms with Crippen molar-refractivity contribution in [3.8, 4) is 77.9 Å². The van der Waals surface area contributed by atoms with E-state index in [-0.39, 0.29) is 0 Å². The third-order valence-corrected chi connectivity index (χ3v) is 19.2. The highest BCUT2D eigenvalue weighted by atomic mass is 16.3. The van der Waals surface area contributed by atoms with Crippen LogP contribution in [0.5, 0.6) is 0 Å². The Morgan fingerprint density at radius 3 is 1.01 bits per heavy atom. The first kappa shape index (κ1) is 50.3. The number of furan rings is 2. The average molecular weight is 1140 g/mol. The van der Waals surface area contributed by atoms with Gasteiger partial charge in [-0.05, 0) is 214 Å². The Labute approximate surface area is 518 Å². The lowest BCUT2D eigenvalue weighted by molar-refractivity contribution is 0.669. The molecule has 0 atom stereocenters.